The molecule has 0 aliphatic rings. The highest BCUT2D eigenvalue weighted by atomic mass is 32.2. The number of aliphatic hydroxyl groups excluding tert-OH is 5. The molecular formula is C26H47N5O10S. The molecule has 0 aliphatic heterocycles. The minimum atomic E-state index is -1.79. The summed E-state index contributed by atoms with van der Waals surface area (Å²) in [5, 5.41) is 58.0. The molecule has 0 aliphatic carbocycles. The highest BCUT2D eigenvalue weighted by Gasteiger charge is 2.30. The number of nitrogens with one attached hydrogen (secondary N) is 1. The highest BCUT2D eigenvalue weighted by molar-refractivity contribution is 7.99. The maximum absolute atomic E-state index is 12.5. The first-order valence-corrected chi connectivity index (χ1v) is 15.4. The maximum atomic E-state index is 12.5. The Morgan fingerprint density at radius 3 is 2.21 bits per heavy atom. The van der Waals surface area contributed by atoms with Gasteiger partial charge in [-0.3, -0.25) is 14.4 Å². The number of unbranched alkanes of at least 4 members (excludes halogenated alkanes) is 4. The third-order valence-electron chi connectivity index (χ3n) is 6.12. The number of nitrogens with two attached hydrogens (primary N) is 1. The van der Waals surface area contributed by atoms with E-state index < -0.39 is 49.1 Å². The van der Waals surface area contributed by atoms with Gasteiger partial charge in [-0.15, -0.1) is 5.10 Å². The van der Waals surface area contributed by atoms with Crippen LogP contribution >= 0.6 is 11.8 Å². The molecule has 6 atom stereocenters. The second-order valence-electron chi connectivity index (χ2n) is 9.97. The van der Waals surface area contributed by atoms with E-state index in [-0.39, 0.29) is 48.8 Å². The first kappa shape index (κ1) is 37.7. The summed E-state index contributed by atoms with van der Waals surface area (Å²) in [6.07, 6.45) is -0.429. The lowest BCUT2D eigenvalue weighted by Crippen LogP contribution is -2.47. The number of esters is 2. The van der Waals surface area contributed by atoms with E-state index in [1.54, 1.807) is 0 Å². The maximum Gasteiger partial charge on any atom is 0.306 e. The van der Waals surface area contributed by atoms with Crippen molar-refractivity contribution >= 4 is 35.4 Å². The second kappa shape index (κ2) is 21.4. The lowest BCUT2D eigenvalue weighted by atomic mass is 10.0. The normalized spacial score (nSPS) is 15.7. The van der Waals surface area contributed by atoms with Gasteiger partial charge in [0.05, 0.1) is 25.4 Å². The minimum absolute atomic E-state index is 0.0203. The quantitative estimate of drug-likeness (QED) is 0.0592. The van der Waals surface area contributed by atoms with Crippen molar-refractivity contribution in [2.45, 2.75) is 108 Å². The van der Waals surface area contributed by atoms with Crippen LogP contribution in [0.4, 0.5) is 5.82 Å². The lowest BCUT2D eigenvalue weighted by molar-refractivity contribution is -0.157. The Labute approximate surface area is 250 Å². The van der Waals surface area contributed by atoms with Crippen LogP contribution < -0.4 is 11.1 Å². The number of aliphatic hydroxyl groups is 5. The molecule has 0 unspecified atom stereocenters. The van der Waals surface area contributed by atoms with Crippen LogP contribution in [-0.4, -0.2) is 120 Å². The number of carbonyl (C=O) groups excluding carboxylic acids is 3. The smallest absolute Gasteiger partial charge is 0.306 e. The van der Waals surface area contributed by atoms with Gasteiger partial charge in [0, 0.05) is 24.3 Å². The van der Waals surface area contributed by atoms with Crippen LogP contribution in [0.5, 0.6) is 0 Å². The zero-order chi connectivity index (χ0) is 31.5. The molecule has 0 bridgehead atoms. The second-order valence-corrected chi connectivity index (χ2v) is 11.0. The Hall–Kier alpha value is -2.34. The SMILES string of the molecule is CCCCCC(=O)OC[C@H](CSC[C@@H](N)C(=O)Nc1cn(C[C@H](O)[C@H](O)[C@H](O)[C@H](O)CO)nn1)OC(=O)CCCCC. The number of carbonyl (C=O) groups is 3. The molecule has 0 fully saturated rings. The van der Waals surface area contributed by atoms with Gasteiger partial charge in [-0.1, -0.05) is 44.7 Å². The molecule has 1 heterocycles. The van der Waals surface area contributed by atoms with Crippen molar-refractivity contribution in [1.29, 1.82) is 0 Å². The predicted molar refractivity (Wildman–Crippen MR) is 154 cm³/mol. The van der Waals surface area contributed by atoms with Crippen molar-refractivity contribution < 1.29 is 49.4 Å². The number of hydrogen-bond acceptors (Lipinski definition) is 14. The van der Waals surface area contributed by atoms with Crippen molar-refractivity contribution in [2.24, 2.45) is 5.73 Å². The molecule has 1 amide bonds. The Morgan fingerprint density at radius 1 is 0.976 bits per heavy atom. The summed E-state index contributed by atoms with van der Waals surface area (Å²) in [4.78, 5) is 36.8. The third kappa shape index (κ3) is 15.2. The summed E-state index contributed by atoms with van der Waals surface area (Å²) < 4.78 is 11.9. The Morgan fingerprint density at radius 2 is 1.60 bits per heavy atom. The van der Waals surface area contributed by atoms with Gasteiger partial charge in [0.2, 0.25) is 5.91 Å². The van der Waals surface area contributed by atoms with Crippen LogP contribution in [0, 0.1) is 0 Å². The highest BCUT2D eigenvalue weighted by Crippen LogP contribution is 2.13. The van der Waals surface area contributed by atoms with E-state index in [9.17, 15) is 34.8 Å². The number of rotatable bonds is 23. The van der Waals surface area contributed by atoms with Gasteiger partial charge in [0.1, 0.15) is 37.1 Å². The summed E-state index contributed by atoms with van der Waals surface area (Å²) in [5.41, 5.74) is 6.00. The third-order valence-corrected chi connectivity index (χ3v) is 7.33. The Bertz CT molecular complexity index is 924. The molecule has 0 spiro atoms. The average molecular weight is 622 g/mol. The number of ether oxygens (including phenoxy) is 2. The number of aromatic nitrogens is 3. The van der Waals surface area contributed by atoms with Crippen molar-refractivity contribution in [3.05, 3.63) is 6.20 Å². The molecule has 0 saturated carbocycles. The van der Waals surface area contributed by atoms with Gasteiger partial charge in [-0.05, 0) is 12.8 Å². The average Bonchev–Trinajstić information content (AvgIpc) is 3.40. The van der Waals surface area contributed by atoms with E-state index in [0.29, 0.717) is 12.8 Å². The zero-order valence-corrected chi connectivity index (χ0v) is 25.2. The molecule has 16 heteroatoms. The van der Waals surface area contributed by atoms with E-state index in [0.717, 1.165) is 36.8 Å². The summed E-state index contributed by atoms with van der Waals surface area (Å²) in [6.45, 7) is 2.84. The largest absolute Gasteiger partial charge is 0.462 e. The fraction of sp³-hybridized carbons (Fsp3) is 0.808. The first-order chi connectivity index (χ1) is 20.0. The van der Waals surface area contributed by atoms with Crippen molar-refractivity contribution in [3.8, 4) is 0 Å². The van der Waals surface area contributed by atoms with Crippen LogP contribution in [0.15, 0.2) is 6.20 Å². The van der Waals surface area contributed by atoms with E-state index in [2.05, 4.69) is 15.6 Å². The van der Waals surface area contributed by atoms with Gasteiger partial charge >= 0.3 is 11.9 Å². The molecule has 8 N–H and O–H groups in total. The zero-order valence-electron chi connectivity index (χ0n) is 24.3. The topological polar surface area (TPSA) is 240 Å². The van der Waals surface area contributed by atoms with Crippen LogP contribution in [0.2, 0.25) is 0 Å². The molecule has 0 saturated heterocycles. The molecule has 0 aromatic carbocycles. The molecule has 42 heavy (non-hydrogen) atoms. The van der Waals surface area contributed by atoms with Crippen molar-refractivity contribution in [3.63, 3.8) is 0 Å². The fourth-order valence-corrected chi connectivity index (χ4v) is 4.56. The molecule has 1 aromatic heterocycles. The van der Waals surface area contributed by atoms with Gasteiger partial charge in [0.25, 0.3) is 0 Å². The summed E-state index contributed by atoms with van der Waals surface area (Å²) >= 11 is 1.26. The Balaban J connectivity index is 2.57. The molecule has 15 nitrogen and oxygen atoms in total. The van der Waals surface area contributed by atoms with E-state index >= 15 is 0 Å². The van der Waals surface area contributed by atoms with E-state index in [4.69, 9.17) is 20.3 Å². The number of nitrogens with zero attached hydrogens (tertiary/aromatic N) is 3. The molecule has 1 aromatic rings. The molecular weight excluding hydrogens is 574 g/mol. The number of thioether (sulfide) groups is 1. The number of amides is 1. The molecule has 242 valence electrons. The van der Waals surface area contributed by atoms with Crippen LogP contribution in [0.3, 0.4) is 0 Å². The molecule has 1 rings (SSSR count). The van der Waals surface area contributed by atoms with Crippen LogP contribution in [0.25, 0.3) is 0 Å². The summed E-state index contributed by atoms with van der Waals surface area (Å²) in [5.74, 6) is -0.872. The molecule has 0 radical (unpaired) electrons. The predicted octanol–water partition coefficient (Wildman–Crippen LogP) is -0.671. The standard InChI is InChI=1S/C26H47N5O10S/c1-3-5-7-9-22(35)40-14-17(41-23(36)10-8-6-4-2)15-42-16-18(27)26(39)28-21-12-31(30-29-21)11-19(33)24(37)25(38)20(34)13-32/h12,17-20,24-25,32-34,37-38H,3-11,13-16,27H2,1-2H3,(H,28,39)/t17-,18-,19+,20-,24+,25-/m1/s1. The van der Waals surface area contributed by atoms with Crippen molar-refractivity contribution in [1.82, 2.24) is 15.0 Å². The summed E-state index contributed by atoms with van der Waals surface area (Å²) in [6, 6.07) is -0.972. The van der Waals surface area contributed by atoms with Gasteiger partial charge in [-0.25, -0.2) is 4.68 Å². The van der Waals surface area contributed by atoms with Gasteiger partial charge in [0.15, 0.2) is 5.82 Å². The van der Waals surface area contributed by atoms with E-state index in [1.165, 1.54) is 18.0 Å². The number of anilines is 1. The first-order valence-electron chi connectivity index (χ1n) is 14.2. The monoisotopic (exact) mass is 621 g/mol. The van der Waals surface area contributed by atoms with Gasteiger partial charge < -0.3 is 46.1 Å². The lowest BCUT2D eigenvalue weighted by Gasteiger charge is -2.25. The summed E-state index contributed by atoms with van der Waals surface area (Å²) in [7, 11) is 0. The van der Waals surface area contributed by atoms with E-state index in [1.807, 2.05) is 13.8 Å². The van der Waals surface area contributed by atoms with Crippen molar-refractivity contribution in [2.75, 3.05) is 30.0 Å². The number of hydrogen-bond donors (Lipinski definition) is 7. The minimum Gasteiger partial charge on any atom is -0.462 e. The van der Waals surface area contributed by atoms with Crippen LogP contribution in [-0.2, 0) is 30.4 Å². The Kier molecular flexibility index (Phi) is 19.2. The van der Waals surface area contributed by atoms with Crippen LogP contribution in [0.1, 0.15) is 65.2 Å². The fourth-order valence-electron chi connectivity index (χ4n) is 3.59. The van der Waals surface area contributed by atoms with Gasteiger partial charge in [-0.2, -0.15) is 11.8 Å².